The number of hydrogen-bond donors (Lipinski definition) is 28. The Balaban J connectivity index is 1.50. The highest BCUT2D eigenvalue weighted by Crippen LogP contribution is 2.25. The number of aliphatic hydroxyl groups excluding tert-OH is 3. The summed E-state index contributed by atoms with van der Waals surface area (Å²) in [7, 11) is 0. The summed E-state index contributed by atoms with van der Waals surface area (Å²) in [5.41, 5.74) is 28.8. The molecule has 5 heterocycles. The first-order valence-electron chi connectivity index (χ1n) is 49.3. The van der Waals surface area contributed by atoms with Crippen LogP contribution in [0, 0.1) is 41.4 Å². The number of aliphatic hydroxyl groups is 3. The molecule has 6 rings (SSSR count). The number of thioether (sulfide) groups is 3. The average molecular weight is 2140 g/mol. The molecule has 53 nitrogen and oxygen atoms in total. The standard InChI is InChI=1S/C92H150N30O23S3/c1-12-51(9)73-89(144)108-60(35-55-36-99-43-102-55)80(135)113-65(84(139)103-53(11)74(94)129)40-146-29-23-69(126)119-44-120-46-121(45-119)71(128)25-31-148-42-67(86(141)118-117-64(39-125)83(138)111-63(38-124)81(136)106-58(32-47(2)3)78(133)109-61(33-48(4)5)90(145)122-28-15-18-68(122)87(142)104-57(77(132)116-73)17-14-27-101-92(97)98)114-79(134)59(34-54-21-19-50(8)20-22-54)107-82(137)62(37-123)110-76(131)56(16-13-26-100-91(95)96)105-88(143)72(49(6)7)115-85(140)66(112-75(130)52(10)93)41-147-30-24-70(120)127/h19-22,36,43,47-49,51-53,56-68,72-73,117,123-125H,12-18,23-35,37-42,44-46,93H2,1-11H3,(H2,94,129)(H,99,102)(H,103,139)(H,104,142)(H,105,143)(H,106,136)(H,107,137)(H,108,144)(H,109,133)(H,110,131)(H,111,138)(H,112,130)(H,113,135)(H,114,134)(H,115,140)(H,116,132)(H,118,141)(H4,95,96,100)(H4,97,98,101)/t51-,52-,53-,56-,57-,58-,59-,60-,61-,62-,63-,64-,65-,66-,67-,68-,72-,73-/m0/s1. The molecule has 0 saturated carbocycles. The summed E-state index contributed by atoms with van der Waals surface area (Å²) in [6.45, 7) is 12.9. The zero-order chi connectivity index (χ0) is 110. The number of nitrogens with zero attached hydrogens (tertiary/aromatic N) is 5. The number of fused-ring (bicyclic) bond motifs is 8. The predicted molar refractivity (Wildman–Crippen MR) is 546 cm³/mol. The minimum absolute atomic E-state index is 0.0100. The first kappa shape index (κ1) is 124. The topological polar surface area (TPSA) is 812 Å². The van der Waals surface area contributed by atoms with Crippen LogP contribution in [0.15, 0.2) is 36.8 Å². The molecule has 18 atom stereocenters. The SMILES string of the molecule is CC[C@H](C)[C@@H]1NC(=O)[C@H](CCCNC(=N)N)NC(=O)[C@@H]2CCCN2C(=O)[C@H](CC(C)C)NC(=O)[C@H](CC(C)C)NC(=O)[C@H](CO)NC(=O)[C@H](CO)NNC(=O)[C@@H]2CSCCC(=O)N3CN(CN(C3)C(=O)CCSC[C@@H](C(=O)N[C@@H](C)C(N)=O)NC(=O)[C@H](Cc3c[nH]cn3)NC1=O)C(=O)CCSC[C@H](NC(=O)[C@H](C)N)C(=O)N[C@@H](C(C)C)C(=O)N[C@@H](CCCNC(=N)N)C(=O)N[C@@H](CO)C(=O)N[C@@H](Cc1ccc(C)cc1)C(=O)N2. The molecule has 4 saturated heterocycles. The third-order valence-electron chi connectivity index (χ3n) is 24.5. The Hall–Kier alpha value is -12.8. The molecule has 4 fully saturated rings. The smallest absolute Gasteiger partial charge is 0.257 e. The van der Waals surface area contributed by atoms with Gasteiger partial charge in [-0.15, -0.1) is 0 Å². The first-order valence-corrected chi connectivity index (χ1v) is 52.8. The summed E-state index contributed by atoms with van der Waals surface area (Å²) in [5.74, 6) is -23.6. The number of benzene rings is 1. The Morgan fingerprint density at radius 3 is 1.46 bits per heavy atom. The van der Waals surface area contributed by atoms with Crippen molar-refractivity contribution in [2.75, 3.05) is 94.0 Å². The molecule has 1 aromatic carbocycles. The summed E-state index contributed by atoms with van der Waals surface area (Å²) < 4.78 is 0. The number of nitrogens with two attached hydrogens (primary N) is 4. The molecule has 4 aliphatic rings. The fourth-order valence-corrected chi connectivity index (χ4v) is 18.6. The Bertz CT molecular complexity index is 4890. The number of amides is 20. The number of hydrogen-bond acceptors (Lipinski definition) is 31. The van der Waals surface area contributed by atoms with E-state index < -0.39 is 303 Å². The fraction of sp³-hybridized carbons (Fsp3) is 0.663. The number of guanidine groups is 2. The van der Waals surface area contributed by atoms with E-state index in [2.05, 4.69) is 106 Å². The van der Waals surface area contributed by atoms with Crippen LogP contribution >= 0.6 is 35.3 Å². The zero-order valence-corrected chi connectivity index (χ0v) is 87.8. The van der Waals surface area contributed by atoms with Gasteiger partial charge in [0.25, 0.3) is 5.91 Å². The molecule has 0 spiro atoms. The number of aromatic amines is 1. The van der Waals surface area contributed by atoms with Crippen LogP contribution in [0.1, 0.15) is 163 Å². The molecule has 56 heteroatoms. The summed E-state index contributed by atoms with van der Waals surface area (Å²) in [4.78, 5) is 304. The number of aryl methyl sites for hydroxylation is 1. The normalized spacial score (nSPS) is 25.6. The van der Waals surface area contributed by atoms with E-state index in [1.54, 1.807) is 86.6 Å². The largest absolute Gasteiger partial charge is 0.394 e. The van der Waals surface area contributed by atoms with Crippen LogP contribution in [-0.4, -0.2) is 372 Å². The van der Waals surface area contributed by atoms with Gasteiger partial charge in [-0.1, -0.05) is 91.6 Å². The van der Waals surface area contributed by atoms with Crippen LogP contribution in [0.5, 0.6) is 0 Å². The van der Waals surface area contributed by atoms with Crippen molar-refractivity contribution in [2.24, 2.45) is 46.6 Å². The van der Waals surface area contributed by atoms with E-state index in [4.69, 9.17) is 33.8 Å². The minimum atomic E-state index is -1.92. The number of hydrazine groups is 1. The predicted octanol–water partition coefficient (Wildman–Crippen LogP) is -8.81. The van der Waals surface area contributed by atoms with Crippen molar-refractivity contribution in [3.05, 3.63) is 53.6 Å². The van der Waals surface area contributed by atoms with Gasteiger partial charge in [-0.25, -0.2) is 10.4 Å². The van der Waals surface area contributed by atoms with Crippen molar-refractivity contribution in [3.8, 4) is 0 Å². The summed E-state index contributed by atoms with van der Waals surface area (Å²) in [6, 6.07) is -20.1. The van der Waals surface area contributed by atoms with Gasteiger partial charge in [0, 0.05) is 92.5 Å². The number of carbonyl (C=O) groups excluding carboxylic acids is 20. The van der Waals surface area contributed by atoms with E-state index in [1.165, 1.54) is 41.1 Å². The molecule has 148 heavy (non-hydrogen) atoms. The van der Waals surface area contributed by atoms with E-state index in [-0.39, 0.29) is 143 Å². The van der Waals surface area contributed by atoms with Crippen LogP contribution in [-0.2, 0) is 109 Å². The van der Waals surface area contributed by atoms with Crippen molar-refractivity contribution in [3.63, 3.8) is 0 Å². The monoisotopic (exact) mass is 2140 g/mol. The fourth-order valence-electron chi connectivity index (χ4n) is 15.8. The molecule has 4 bridgehead atoms. The number of carbonyl (C=O) groups is 20. The lowest BCUT2D eigenvalue weighted by Crippen LogP contribution is -2.63. The van der Waals surface area contributed by atoms with Crippen molar-refractivity contribution < 1.29 is 111 Å². The zero-order valence-electron chi connectivity index (χ0n) is 85.4. The van der Waals surface area contributed by atoms with Gasteiger partial charge in [-0.3, -0.25) is 112 Å². The maximum atomic E-state index is 15.2. The number of aromatic nitrogens is 2. The van der Waals surface area contributed by atoms with E-state index in [0.29, 0.717) is 5.56 Å². The van der Waals surface area contributed by atoms with Crippen molar-refractivity contribution in [1.82, 2.24) is 125 Å². The van der Waals surface area contributed by atoms with Crippen molar-refractivity contribution >= 4 is 165 Å². The van der Waals surface area contributed by atoms with Gasteiger partial charge in [-0.05, 0) is 101 Å². The molecular formula is C92H150N30O23S3. The second-order valence-corrected chi connectivity index (χ2v) is 41.4. The van der Waals surface area contributed by atoms with Crippen molar-refractivity contribution in [2.45, 2.75) is 269 Å². The number of primary amides is 1. The van der Waals surface area contributed by atoms with Gasteiger partial charge in [0.15, 0.2) is 11.9 Å². The number of rotatable bonds is 27. The second-order valence-electron chi connectivity index (χ2n) is 38.0. The third kappa shape index (κ3) is 41.0. The molecule has 20 amide bonds. The number of nitrogens with one attached hydrogen (secondary N) is 21. The quantitative estimate of drug-likeness (QED) is 0.0224. The van der Waals surface area contributed by atoms with Crippen LogP contribution in [0.4, 0.5) is 0 Å². The van der Waals surface area contributed by atoms with Gasteiger partial charge < -0.3 is 148 Å². The Morgan fingerprint density at radius 1 is 0.507 bits per heavy atom. The molecule has 0 aliphatic carbocycles. The highest BCUT2D eigenvalue weighted by molar-refractivity contribution is 7.99. The molecular weight excluding hydrogens is 1990 g/mol. The van der Waals surface area contributed by atoms with E-state index in [9.17, 15) is 92.0 Å². The Morgan fingerprint density at radius 2 is 0.953 bits per heavy atom. The van der Waals surface area contributed by atoms with Crippen LogP contribution in [0.3, 0.4) is 0 Å². The molecule has 0 radical (unpaired) electrons. The maximum Gasteiger partial charge on any atom is 0.257 e. The number of H-pyrrole nitrogens is 1. The van der Waals surface area contributed by atoms with Gasteiger partial charge in [0.05, 0.1) is 57.9 Å². The van der Waals surface area contributed by atoms with E-state index in [1.807, 2.05) is 0 Å². The average Bonchev–Trinajstić information content (AvgIpc) is 1.75. The lowest BCUT2D eigenvalue weighted by molar-refractivity contribution is -0.158. The number of imidazole rings is 1. The molecule has 824 valence electrons. The van der Waals surface area contributed by atoms with Gasteiger partial charge >= 0.3 is 0 Å². The molecule has 32 N–H and O–H groups in total. The Labute approximate surface area is 871 Å². The van der Waals surface area contributed by atoms with Gasteiger partial charge in [0.2, 0.25) is 112 Å². The molecule has 1 aromatic heterocycles. The highest BCUT2D eigenvalue weighted by atomic mass is 32.2. The summed E-state index contributed by atoms with van der Waals surface area (Å²) in [5, 5.41) is 89.6. The van der Waals surface area contributed by atoms with Crippen LogP contribution in [0.2, 0.25) is 0 Å². The van der Waals surface area contributed by atoms with Gasteiger partial charge in [0.1, 0.15) is 96.7 Å². The molecule has 0 unspecified atom stereocenters. The summed E-state index contributed by atoms with van der Waals surface area (Å²) >= 11 is 2.81. The summed E-state index contributed by atoms with van der Waals surface area (Å²) in [6.07, 6.45) is 0.855. The van der Waals surface area contributed by atoms with E-state index >= 15 is 19.2 Å². The third-order valence-corrected chi connectivity index (χ3v) is 27.7. The lowest BCUT2D eigenvalue weighted by Gasteiger charge is -2.42. The van der Waals surface area contributed by atoms with Crippen LogP contribution < -0.4 is 119 Å². The molecule has 4 aliphatic heterocycles. The second kappa shape index (κ2) is 62.5. The molecule has 2 aromatic rings. The maximum absolute atomic E-state index is 15.2. The van der Waals surface area contributed by atoms with Crippen molar-refractivity contribution in [1.29, 1.82) is 10.8 Å². The minimum Gasteiger partial charge on any atom is -0.394 e. The highest BCUT2D eigenvalue weighted by Gasteiger charge is 2.44. The Kier molecular flexibility index (Phi) is 52.3. The van der Waals surface area contributed by atoms with Gasteiger partial charge in [-0.2, -0.15) is 35.3 Å². The van der Waals surface area contributed by atoms with E-state index in [0.717, 1.165) is 45.7 Å². The lowest BCUT2D eigenvalue weighted by atomic mass is 9.96. The first-order chi connectivity index (χ1) is 70.1. The van der Waals surface area contributed by atoms with Crippen LogP contribution in [0.25, 0.3) is 0 Å².